The monoisotopic (exact) mass is 499 g/mol. The van der Waals surface area contributed by atoms with Crippen LogP contribution in [-0.2, 0) is 11.3 Å². The third-order valence-corrected chi connectivity index (χ3v) is 8.76. The zero-order valence-electron chi connectivity index (χ0n) is 22.5. The number of hydrogen-bond donors (Lipinski definition) is 0. The standard InChI is InChI=1S/C32H41N3O2/c1-4-25-21-28(15-16-29(25)26-9-7-6-8-10-26)31-33-30(34-37-31)27-13-11-24(12-14-27)22-35-19-17-32(5-2,18-20-35)23-36-3/h4,11-16,21,26H,1,5-10,17-20,22-23H2,2-3H3. The summed E-state index contributed by atoms with van der Waals surface area (Å²) in [7, 11) is 1.82. The molecule has 1 aromatic heterocycles. The van der Waals surface area contributed by atoms with Crippen molar-refractivity contribution >= 4 is 6.08 Å². The summed E-state index contributed by atoms with van der Waals surface area (Å²) in [5, 5.41) is 4.28. The van der Waals surface area contributed by atoms with E-state index in [1.807, 2.05) is 13.2 Å². The molecule has 0 radical (unpaired) electrons. The Morgan fingerprint density at radius 1 is 1.05 bits per heavy atom. The Balaban J connectivity index is 1.23. The van der Waals surface area contributed by atoms with E-state index in [1.165, 1.54) is 68.1 Å². The van der Waals surface area contributed by atoms with E-state index in [1.54, 1.807) is 0 Å². The molecule has 0 amide bonds. The second kappa shape index (κ2) is 11.7. The van der Waals surface area contributed by atoms with Crippen molar-refractivity contribution in [3.05, 3.63) is 65.7 Å². The van der Waals surface area contributed by atoms with Gasteiger partial charge < -0.3 is 9.26 Å². The molecule has 0 spiro atoms. The number of likely N-dealkylation sites (tertiary alicyclic amines) is 1. The topological polar surface area (TPSA) is 51.4 Å². The lowest BCUT2D eigenvalue weighted by Gasteiger charge is -2.41. The average Bonchev–Trinajstić information content (AvgIpc) is 3.45. The first-order valence-corrected chi connectivity index (χ1v) is 14.0. The van der Waals surface area contributed by atoms with Crippen LogP contribution in [0, 0.1) is 5.41 Å². The summed E-state index contributed by atoms with van der Waals surface area (Å²) in [5.74, 6) is 1.82. The van der Waals surface area contributed by atoms with Gasteiger partial charge >= 0.3 is 0 Å². The van der Waals surface area contributed by atoms with Gasteiger partial charge in [-0.05, 0) is 85.3 Å². The van der Waals surface area contributed by atoms with Crippen LogP contribution >= 0.6 is 0 Å². The van der Waals surface area contributed by atoms with E-state index in [4.69, 9.17) is 14.2 Å². The fraction of sp³-hybridized carbons (Fsp3) is 0.500. The Morgan fingerprint density at radius 3 is 2.46 bits per heavy atom. The normalized spacial score (nSPS) is 18.6. The Hall–Kier alpha value is -2.76. The van der Waals surface area contributed by atoms with Crippen LogP contribution in [-0.4, -0.2) is 41.8 Å². The maximum Gasteiger partial charge on any atom is 0.258 e. The molecular formula is C32H41N3O2. The van der Waals surface area contributed by atoms with Gasteiger partial charge in [-0.2, -0.15) is 4.98 Å². The van der Waals surface area contributed by atoms with Crippen LogP contribution in [0.2, 0.25) is 0 Å². The quantitative estimate of drug-likeness (QED) is 0.301. The van der Waals surface area contributed by atoms with Crippen LogP contribution in [0.1, 0.15) is 80.9 Å². The van der Waals surface area contributed by atoms with E-state index < -0.39 is 0 Å². The first-order chi connectivity index (χ1) is 18.1. The third kappa shape index (κ3) is 5.89. The summed E-state index contributed by atoms with van der Waals surface area (Å²) in [5.41, 5.74) is 6.19. The van der Waals surface area contributed by atoms with E-state index in [0.29, 0.717) is 23.0 Å². The summed E-state index contributed by atoms with van der Waals surface area (Å²) in [4.78, 5) is 7.28. The fourth-order valence-electron chi connectivity index (χ4n) is 6.24. The van der Waals surface area contributed by atoms with Crippen LogP contribution in [0.5, 0.6) is 0 Å². The number of hydrogen-bond acceptors (Lipinski definition) is 5. The molecule has 0 bridgehead atoms. The minimum Gasteiger partial charge on any atom is -0.384 e. The number of piperidine rings is 1. The molecule has 2 aromatic carbocycles. The molecule has 37 heavy (non-hydrogen) atoms. The first-order valence-electron chi connectivity index (χ1n) is 14.0. The van der Waals surface area contributed by atoms with Crippen LogP contribution in [0.3, 0.4) is 0 Å². The number of rotatable bonds is 9. The highest BCUT2D eigenvalue weighted by molar-refractivity contribution is 5.65. The summed E-state index contributed by atoms with van der Waals surface area (Å²) in [6, 6.07) is 15.1. The summed E-state index contributed by atoms with van der Waals surface area (Å²) in [6.45, 7) is 10.5. The predicted molar refractivity (Wildman–Crippen MR) is 150 cm³/mol. The SMILES string of the molecule is C=Cc1cc(-c2nc(-c3ccc(CN4CCC(CC)(COC)CC4)cc3)no2)ccc1C1CCCCC1. The zero-order chi connectivity index (χ0) is 25.7. The lowest BCUT2D eigenvalue weighted by atomic mass is 9.77. The molecule has 1 aliphatic carbocycles. The van der Waals surface area contributed by atoms with Crippen molar-refractivity contribution in [2.24, 2.45) is 5.41 Å². The average molecular weight is 500 g/mol. The van der Waals surface area contributed by atoms with Crippen LogP contribution < -0.4 is 0 Å². The lowest BCUT2D eigenvalue weighted by molar-refractivity contribution is 0.0166. The molecule has 1 saturated heterocycles. The van der Waals surface area contributed by atoms with Crippen molar-refractivity contribution in [2.75, 3.05) is 26.8 Å². The van der Waals surface area contributed by atoms with Gasteiger partial charge in [0.05, 0.1) is 6.61 Å². The molecule has 5 heteroatoms. The van der Waals surface area contributed by atoms with Gasteiger partial charge in [0.2, 0.25) is 5.82 Å². The van der Waals surface area contributed by atoms with Gasteiger partial charge in [-0.25, -0.2) is 0 Å². The molecule has 5 rings (SSSR count). The van der Waals surface area contributed by atoms with Gasteiger partial charge in [0.1, 0.15) is 0 Å². The third-order valence-electron chi connectivity index (χ3n) is 8.76. The molecule has 2 heterocycles. The van der Waals surface area contributed by atoms with Gasteiger partial charge in [-0.3, -0.25) is 4.90 Å². The molecule has 5 nitrogen and oxygen atoms in total. The van der Waals surface area contributed by atoms with Gasteiger partial charge in [-0.15, -0.1) is 0 Å². The zero-order valence-corrected chi connectivity index (χ0v) is 22.5. The van der Waals surface area contributed by atoms with Crippen molar-refractivity contribution in [1.82, 2.24) is 15.0 Å². The molecule has 2 fully saturated rings. The largest absolute Gasteiger partial charge is 0.384 e. The highest BCUT2D eigenvalue weighted by Gasteiger charge is 2.32. The molecule has 1 saturated carbocycles. The predicted octanol–water partition coefficient (Wildman–Crippen LogP) is 7.73. The highest BCUT2D eigenvalue weighted by atomic mass is 16.5. The minimum atomic E-state index is 0.355. The Bertz CT molecular complexity index is 1170. The minimum absolute atomic E-state index is 0.355. The Morgan fingerprint density at radius 2 is 1.78 bits per heavy atom. The maximum absolute atomic E-state index is 5.68. The number of nitrogens with zero attached hydrogens (tertiary/aromatic N) is 3. The number of ether oxygens (including phenoxy) is 1. The Kier molecular flexibility index (Phi) is 8.21. The highest BCUT2D eigenvalue weighted by Crippen LogP contribution is 2.37. The van der Waals surface area contributed by atoms with Crippen molar-refractivity contribution < 1.29 is 9.26 Å². The smallest absolute Gasteiger partial charge is 0.258 e. The summed E-state index contributed by atoms with van der Waals surface area (Å²) < 4.78 is 11.2. The van der Waals surface area contributed by atoms with E-state index in [9.17, 15) is 0 Å². The summed E-state index contributed by atoms with van der Waals surface area (Å²) >= 11 is 0. The summed E-state index contributed by atoms with van der Waals surface area (Å²) in [6.07, 6.45) is 12.1. The molecular weight excluding hydrogens is 458 g/mol. The van der Waals surface area contributed by atoms with Crippen molar-refractivity contribution in [2.45, 2.75) is 70.8 Å². The van der Waals surface area contributed by atoms with Gasteiger partial charge in [0.25, 0.3) is 5.89 Å². The first kappa shape index (κ1) is 25.9. The van der Waals surface area contributed by atoms with Crippen molar-refractivity contribution in [1.29, 1.82) is 0 Å². The molecule has 0 N–H and O–H groups in total. The van der Waals surface area contributed by atoms with Crippen LogP contribution in [0.25, 0.3) is 28.9 Å². The molecule has 3 aromatic rings. The van der Waals surface area contributed by atoms with Gasteiger partial charge in [-0.1, -0.05) is 74.3 Å². The second-order valence-corrected chi connectivity index (χ2v) is 11.1. The van der Waals surface area contributed by atoms with Crippen LogP contribution in [0.15, 0.2) is 53.6 Å². The van der Waals surface area contributed by atoms with Crippen molar-refractivity contribution in [3.63, 3.8) is 0 Å². The molecule has 1 aliphatic heterocycles. The van der Waals surface area contributed by atoms with E-state index >= 15 is 0 Å². The molecule has 196 valence electrons. The number of aromatic nitrogens is 2. The molecule has 2 aliphatic rings. The van der Waals surface area contributed by atoms with E-state index in [-0.39, 0.29) is 0 Å². The van der Waals surface area contributed by atoms with Crippen molar-refractivity contribution in [3.8, 4) is 22.8 Å². The van der Waals surface area contributed by atoms with Gasteiger partial charge in [0.15, 0.2) is 0 Å². The molecule has 0 unspecified atom stereocenters. The number of benzene rings is 2. The maximum atomic E-state index is 5.68. The Labute approximate surface area is 221 Å². The number of methoxy groups -OCH3 is 1. The second-order valence-electron chi connectivity index (χ2n) is 11.1. The van der Waals surface area contributed by atoms with Crippen LogP contribution in [0.4, 0.5) is 0 Å². The van der Waals surface area contributed by atoms with Gasteiger partial charge in [0, 0.05) is 24.8 Å². The molecule has 0 atom stereocenters. The van der Waals surface area contributed by atoms with E-state index in [0.717, 1.165) is 37.4 Å². The lowest BCUT2D eigenvalue weighted by Crippen LogP contribution is -2.41. The fourth-order valence-corrected chi connectivity index (χ4v) is 6.24. The van der Waals surface area contributed by atoms with E-state index in [2.05, 4.69) is 66.0 Å².